The number of fused-ring (bicyclic) bond motifs is 1. The molecule has 2 aliphatic rings. The fraction of sp³-hybridized carbons (Fsp3) is 0.500. The Morgan fingerprint density at radius 1 is 1.36 bits per heavy atom. The van der Waals surface area contributed by atoms with Crippen molar-refractivity contribution in [2.45, 2.75) is 50.4 Å². The van der Waals surface area contributed by atoms with Crippen LogP contribution in [0.1, 0.15) is 25.7 Å². The molecule has 3 atom stereocenters. The summed E-state index contributed by atoms with van der Waals surface area (Å²) in [6.45, 7) is 0.884. The van der Waals surface area contributed by atoms with Crippen molar-refractivity contribution in [1.82, 2.24) is 20.4 Å². The molecule has 1 aromatic carbocycles. The number of piperidine rings is 1. The maximum Gasteiger partial charge on any atom is 0.242 e. The van der Waals surface area contributed by atoms with Gasteiger partial charge in [-0.05, 0) is 25.3 Å². The Labute approximate surface area is 145 Å². The van der Waals surface area contributed by atoms with Crippen LogP contribution in [-0.2, 0) is 20.9 Å². The molecule has 2 amide bonds. The lowest BCUT2D eigenvalue weighted by Crippen LogP contribution is -2.60. The third-order valence-electron chi connectivity index (χ3n) is 4.92. The van der Waals surface area contributed by atoms with E-state index in [1.54, 1.807) is 4.68 Å². The van der Waals surface area contributed by atoms with Gasteiger partial charge in [-0.25, -0.2) is 0 Å². The van der Waals surface area contributed by atoms with E-state index in [4.69, 9.17) is 4.74 Å². The number of ether oxygens (including phenoxy) is 1. The minimum absolute atomic E-state index is 0.0122. The van der Waals surface area contributed by atoms with Crippen molar-refractivity contribution in [3.8, 4) is 0 Å². The molecule has 3 unspecified atom stereocenters. The van der Waals surface area contributed by atoms with E-state index in [0.29, 0.717) is 12.8 Å². The highest BCUT2D eigenvalue weighted by molar-refractivity contribution is 5.81. The van der Waals surface area contributed by atoms with Gasteiger partial charge < -0.3 is 15.4 Å². The molecule has 3 heterocycles. The van der Waals surface area contributed by atoms with E-state index in [2.05, 4.69) is 15.7 Å². The largest absolute Gasteiger partial charge is 0.376 e. The van der Waals surface area contributed by atoms with Gasteiger partial charge in [0.2, 0.25) is 11.8 Å². The van der Waals surface area contributed by atoms with Gasteiger partial charge in [0.1, 0.15) is 6.54 Å². The minimum Gasteiger partial charge on any atom is -0.376 e. The first-order valence-corrected chi connectivity index (χ1v) is 8.81. The lowest BCUT2D eigenvalue weighted by molar-refractivity contribution is -0.129. The molecule has 2 aliphatic heterocycles. The van der Waals surface area contributed by atoms with Gasteiger partial charge in [0.05, 0.1) is 23.7 Å². The summed E-state index contributed by atoms with van der Waals surface area (Å²) in [4.78, 5) is 24.2. The third kappa shape index (κ3) is 3.51. The number of nitrogens with zero attached hydrogens (tertiary/aromatic N) is 2. The standard InChI is InChI=1S/C18H22N4O3/c23-16-8-7-14(18(20-16)15-6-3-9-25-15)19-17(24)11-22-10-12-4-1-2-5-13(12)21-22/h1-2,4-5,10,14-15,18H,3,6-9,11H2,(H,19,24)(H,20,23). The van der Waals surface area contributed by atoms with Crippen LogP contribution in [-0.4, -0.2) is 46.4 Å². The van der Waals surface area contributed by atoms with Gasteiger partial charge in [0.25, 0.3) is 0 Å². The van der Waals surface area contributed by atoms with Crippen LogP contribution in [0, 0.1) is 0 Å². The fourth-order valence-electron chi connectivity index (χ4n) is 3.72. The maximum absolute atomic E-state index is 12.5. The molecule has 4 rings (SSSR count). The van der Waals surface area contributed by atoms with Gasteiger partial charge in [0.15, 0.2) is 0 Å². The second-order valence-corrected chi connectivity index (χ2v) is 6.74. The Hall–Kier alpha value is -2.41. The molecule has 0 saturated carbocycles. The topological polar surface area (TPSA) is 85.2 Å². The summed E-state index contributed by atoms with van der Waals surface area (Å²) in [6.07, 6.45) is 4.85. The van der Waals surface area contributed by atoms with E-state index in [1.807, 2.05) is 30.5 Å². The summed E-state index contributed by atoms with van der Waals surface area (Å²) in [5, 5.41) is 11.5. The lowest BCUT2D eigenvalue weighted by Gasteiger charge is -2.36. The van der Waals surface area contributed by atoms with E-state index < -0.39 is 0 Å². The molecule has 0 aliphatic carbocycles. The van der Waals surface area contributed by atoms with Gasteiger partial charge >= 0.3 is 0 Å². The van der Waals surface area contributed by atoms with E-state index >= 15 is 0 Å². The highest BCUT2D eigenvalue weighted by Crippen LogP contribution is 2.22. The SMILES string of the molecule is O=C(Cn1cc2ccccc2n1)NC1CCC(=O)NC1C1CCCO1. The molecule has 25 heavy (non-hydrogen) atoms. The average Bonchev–Trinajstić information content (AvgIpc) is 3.25. The second-order valence-electron chi connectivity index (χ2n) is 6.74. The first kappa shape index (κ1) is 16.1. The number of amides is 2. The Bertz CT molecular complexity index is 748. The molecule has 0 radical (unpaired) electrons. The zero-order chi connectivity index (χ0) is 17.2. The van der Waals surface area contributed by atoms with E-state index in [0.717, 1.165) is 30.4 Å². The van der Waals surface area contributed by atoms with Crippen molar-refractivity contribution >= 4 is 22.7 Å². The summed E-state index contributed by atoms with van der Waals surface area (Å²) in [5.74, 6) is -0.0683. The Morgan fingerprint density at radius 2 is 2.24 bits per heavy atom. The molecule has 2 N–H and O–H groups in total. The smallest absolute Gasteiger partial charge is 0.242 e. The van der Waals surface area contributed by atoms with Crippen LogP contribution in [0.5, 0.6) is 0 Å². The number of hydrogen-bond acceptors (Lipinski definition) is 4. The Morgan fingerprint density at radius 3 is 3.04 bits per heavy atom. The number of carbonyl (C=O) groups excluding carboxylic acids is 2. The van der Waals surface area contributed by atoms with Crippen LogP contribution in [0.3, 0.4) is 0 Å². The maximum atomic E-state index is 12.5. The third-order valence-corrected chi connectivity index (χ3v) is 4.92. The Balaban J connectivity index is 1.42. The van der Waals surface area contributed by atoms with Crippen LogP contribution < -0.4 is 10.6 Å². The van der Waals surface area contributed by atoms with Crippen molar-refractivity contribution in [2.75, 3.05) is 6.61 Å². The lowest BCUT2D eigenvalue weighted by atomic mass is 9.92. The first-order valence-electron chi connectivity index (χ1n) is 8.81. The zero-order valence-electron chi connectivity index (χ0n) is 14.0. The second kappa shape index (κ2) is 6.84. The average molecular weight is 342 g/mol. The molecule has 0 bridgehead atoms. The van der Waals surface area contributed by atoms with Crippen LogP contribution in [0.15, 0.2) is 30.5 Å². The fourth-order valence-corrected chi connectivity index (χ4v) is 3.72. The Kier molecular flexibility index (Phi) is 4.40. The van der Waals surface area contributed by atoms with Crippen molar-refractivity contribution < 1.29 is 14.3 Å². The molecular formula is C18H22N4O3. The van der Waals surface area contributed by atoms with Crippen molar-refractivity contribution in [3.05, 3.63) is 30.5 Å². The van der Waals surface area contributed by atoms with E-state index in [-0.39, 0.29) is 36.5 Å². The van der Waals surface area contributed by atoms with Crippen LogP contribution in [0.2, 0.25) is 0 Å². The molecule has 132 valence electrons. The summed E-state index contributed by atoms with van der Waals surface area (Å²) in [6, 6.07) is 7.53. The van der Waals surface area contributed by atoms with Gasteiger partial charge in [0, 0.05) is 24.6 Å². The van der Waals surface area contributed by atoms with Crippen LogP contribution >= 0.6 is 0 Å². The highest BCUT2D eigenvalue weighted by atomic mass is 16.5. The molecule has 1 aromatic heterocycles. The molecule has 7 heteroatoms. The quantitative estimate of drug-likeness (QED) is 0.867. The summed E-state index contributed by atoms with van der Waals surface area (Å²) in [7, 11) is 0. The summed E-state index contributed by atoms with van der Waals surface area (Å²) >= 11 is 0. The van der Waals surface area contributed by atoms with Gasteiger partial charge in [-0.15, -0.1) is 0 Å². The van der Waals surface area contributed by atoms with E-state index in [9.17, 15) is 9.59 Å². The predicted molar refractivity (Wildman–Crippen MR) is 91.8 cm³/mol. The molecule has 0 spiro atoms. The summed E-state index contributed by atoms with van der Waals surface area (Å²) in [5.41, 5.74) is 0.873. The molecule has 2 saturated heterocycles. The predicted octanol–water partition coefficient (Wildman–Crippen LogP) is 0.979. The van der Waals surface area contributed by atoms with Gasteiger partial charge in [-0.2, -0.15) is 5.10 Å². The van der Waals surface area contributed by atoms with Crippen LogP contribution in [0.4, 0.5) is 0 Å². The zero-order valence-corrected chi connectivity index (χ0v) is 14.0. The monoisotopic (exact) mass is 342 g/mol. The molecule has 7 nitrogen and oxygen atoms in total. The number of rotatable bonds is 4. The first-order chi connectivity index (χ1) is 12.2. The van der Waals surface area contributed by atoms with Gasteiger partial charge in [-0.3, -0.25) is 14.3 Å². The van der Waals surface area contributed by atoms with Gasteiger partial charge in [-0.1, -0.05) is 18.2 Å². The van der Waals surface area contributed by atoms with Crippen molar-refractivity contribution in [2.24, 2.45) is 0 Å². The normalized spacial score (nSPS) is 26.6. The molecular weight excluding hydrogens is 320 g/mol. The summed E-state index contributed by atoms with van der Waals surface area (Å²) < 4.78 is 7.38. The van der Waals surface area contributed by atoms with Crippen LogP contribution in [0.25, 0.3) is 10.9 Å². The van der Waals surface area contributed by atoms with Crippen molar-refractivity contribution in [1.29, 1.82) is 0 Å². The van der Waals surface area contributed by atoms with E-state index in [1.165, 1.54) is 0 Å². The highest BCUT2D eigenvalue weighted by Gasteiger charge is 2.37. The number of nitrogens with one attached hydrogen (secondary N) is 2. The number of aromatic nitrogens is 2. The number of hydrogen-bond donors (Lipinski definition) is 2. The molecule has 2 aromatic rings. The number of benzene rings is 1. The van der Waals surface area contributed by atoms with Crippen molar-refractivity contribution in [3.63, 3.8) is 0 Å². The number of carbonyl (C=O) groups is 2. The molecule has 2 fully saturated rings. The minimum atomic E-state index is -0.149.